The second-order valence-electron chi connectivity index (χ2n) is 10.4. The zero-order chi connectivity index (χ0) is 29.6. The van der Waals surface area contributed by atoms with Gasteiger partial charge in [0.25, 0.3) is 0 Å². The molecule has 222 valence electrons. The number of carbonyl (C=O) groups excluding carboxylic acids is 1. The minimum absolute atomic E-state index is 0.00280. The van der Waals surface area contributed by atoms with Gasteiger partial charge in [0.05, 0.1) is 17.1 Å². The van der Waals surface area contributed by atoms with Crippen molar-refractivity contribution in [3.8, 4) is 22.5 Å². The van der Waals surface area contributed by atoms with E-state index in [0.717, 1.165) is 90.5 Å². The fraction of sp³-hybridized carbons (Fsp3) is 0.353. The van der Waals surface area contributed by atoms with E-state index in [0.29, 0.717) is 13.1 Å². The highest BCUT2D eigenvalue weighted by atomic mass is 32.2. The summed E-state index contributed by atoms with van der Waals surface area (Å²) in [6.45, 7) is 3.37. The van der Waals surface area contributed by atoms with Gasteiger partial charge < -0.3 is 15.2 Å². The summed E-state index contributed by atoms with van der Waals surface area (Å²) in [6.07, 6.45) is 8.21. The molecule has 2 N–H and O–H groups in total. The van der Waals surface area contributed by atoms with E-state index < -0.39 is 11.6 Å². The number of aromatic nitrogens is 2. The normalized spacial score (nSPS) is 11.0. The molecule has 3 aromatic carbocycles. The van der Waals surface area contributed by atoms with Gasteiger partial charge in [-0.15, -0.1) is 0 Å². The molecule has 42 heavy (non-hydrogen) atoms. The number of carbonyl (C=O) groups is 1. The molecular formula is C34H40F2N4OS. The maximum atomic E-state index is 14.1. The monoisotopic (exact) mass is 590 g/mol. The Bertz CT molecular complexity index is 1320. The molecule has 0 spiro atoms. The van der Waals surface area contributed by atoms with Crippen molar-refractivity contribution in [1.29, 1.82) is 0 Å². The minimum atomic E-state index is -0.771. The van der Waals surface area contributed by atoms with E-state index in [-0.39, 0.29) is 11.7 Å². The number of urea groups is 1. The molecule has 8 heteroatoms. The van der Waals surface area contributed by atoms with Crippen molar-refractivity contribution in [2.24, 2.45) is 0 Å². The van der Waals surface area contributed by atoms with Crippen LogP contribution in [-0.4, -0.2) is 39.7 Å². The Labute approximate surface area is 252 Å². The molecule has 1 aromatic heterocycles. The number of rotatable bonds is 16. The van der Waals surface area contributed by atoms with Gasteiger partial charge in [0.2, 0.25) is 0 Å². The number of H-pyrrole nitrogens is 1. The van der Waals surface area contributed by atoms with E-state index in [1.54, 1.807) is 16.7 Å². The summed E-state index contributed by atoms with van der Waals surface area (Å²) in [5.41, 5.74) is 4.14. The molecule has 0 saturated carbocycles. The number of unbranched alkanes of at least 4 members (excludes halogenated alkanes) is 6. The lowest BCUT2D eigenvalue weighted by Gasteiger charge is -2.23. The molecule has 0 radical (unpaired) electrons. The zero-order valence-corrected chi connectivity index (χ0v) is 25.1. The van der Waals surface area contributed by atoms with Gasteiger partial charge in [0, 0.05) is 36.0 Å². The number of hydrogen-bond donors (Lipinski definition) is 2. The number of nitrogens with one attached hydrogen (secondary N) is 2. The average molecular weight is 591 g/mol. The zero-order valence-electron chi connectivity index (χ0n) is 24.3. The largest absolute Gasteiger partial charge is 0.332 e. The Kier molecular flexibility index (Phi) is 12.4. The lowest BCUT2D eigenvalue weighted by atomic mass is 10.1. The van der Waals surface area contributed by atoms with Crippen LogP contribution in [0.25, 0.3) is 22.5 Å². The Morgan fingerprint density at radius 2 is 1.48 bits per heavy atom. The van der Waals surface area contributed by atoms with Crippen LogP contribution in [0.4, 0.5) is 19.3 Å². The molecule has 0 fully saturated rings. The van der Waals surface area contributed by atoms with Gasteiger partial charge in [-0.3, -0.25) is 0 Å². The molecule has 4 aromatic rings. The summed E-state index contributed by atoms with van der Waals surface area (Å²) in [6, 6.07) is 23.3. The van der Waals surface area contributed by atoms with Crippen LogP contribution in [-0.2, 0) is 0 Å². The van der Waals surface area contributed by atoms with Gasteiger partial charge in [-0.1, -0.05) is 111 Å². The second-order valence-corrected chi connectivity index (χ2v) is 11.4. The number of thioether (sulfide) groups is 1. The molecule has 0 aliphatic heterocycles. The van der Waals surface area contributed by atoms with E-state index in [2.05, 4.69) is 41.5 Å². The van der Waals surface area contributed by atoms with Crippen molar-refractivity contribution < 1.29 is 13.6 Å². The molecule has 0 bridgehead atoms. The quantitative estimate of drug-likeness (QED) is 0.101. The topological polar surface area (TPSA) is 61.0 Å². The predicted octanol–water partition coefficient (Wildman–Crippen LogP) is 9.79. The number of anilines is 1. The third-order valence-electron chi connectivity index (χ3n) is 7.09. The summed E-state index contributed by atoms with van der Waals surface area (Å²) in [7, 11) is 0. The highest BCUT2D eigenvalue weighted by molar-refractivity contribution is 7.99. The van der Waals surface area contributed by atoms with Gasteiger partial charge in [-0.05, 0) is 31.4 Å². The fourth-order valence-electron chi connectivity index (χ4n) is 4.80. The van der Waals surface area contributed by atoms with Crippen molar-refractivity contribution in [2.45, 2.75) is 63.4 Å². The van der Waals surface area contributed by atoms with Crippen LogP contribution in [0.5, 0.6) is 0 Å². The first-order chi connectivity index (χ1) is 20.5. The number of hydrogen-bond acceptors (Lipinski definition) is 3. The molecule has 4 rings (SSSR count). The molecule has 0 saturated heterocycles. The standard InChI is InChI=1S/C34H40F2N4OS/c1-2-3-4-5-13-22-40(34(41)37-30-21-20-28(35)25-29(30)36)23-14-8-15-24-42-33-38-31(26-16-9-6-10-17-26)32(39-33)27-18-11-7-12-19-27/h6-7,9-12,16-21,25H,2-5,8,13-15,22-24H2,1H3,(H,37,41)(H,38,39). The third-order valence-corrected chi connectivity index (χ3v) is 8.05. The molecule has 5 nitrogen and oxygen atoms in total. The number of amides is 2. The molecule has 0 aliphatic rings. The Hall–Kier alpha value is -3.65. The summed E-state index contributed by atoms with van der Waals surface area (Å²) in [5, 5.41) is 3.52. The van der Waals surface area contributed by atoms with Crippen LogP contribution in [0.1, 0.15) is 58.3 Å². The molecule has 0 aliphatic carbocycles. The summed E-state index contributed by atoms with van der Waals surface area (Å²) >= 11 is 1.70. The van der Waals surface area contributed by atoms with Gasteiger partial charge in [0.15, 0.2) is 5.16 Å². The first kappa shape index (κ1) is 31.3. The smallest absolute Gasteiger partial charge is 0.321 e. The number of imidazole rings is 1. The summed E-state index contributed by atoms with van der Waals surface area (Å²) in [4.78, 5) is 23.2. The number of halogens is 2. The second kappa shape index (κ2) is 16.7. The molecule has 0 unspecified atom stereocenters. The number of nitrogens with zero attached hydrogens (tertiary/aromatic N) is 2. The van der Waals surface area contributed by atoms with Crippen LogP contribution < -0.4 is 5.32 Å². The van der Waals surface area contributed by atoms with E-state index in [1.165, 1.54) is 12.5 Å². The summed E-state index contributed by atoms with van der Waals surface area (Å²) in [5.74, 6) is -0.537. The Morgan fingerprint density at radius 1 is 0.833 bits per heavy atom. The number of aromatic amines is 1. The Morgan fingerprint density at radius 3 is 2.14 bits per heavy atom. The van der Waals surface area contributed by atoms with Crippen molar-refractivity contribution in [2.75, 3.05) is 24.2 Å². The number of benzene rings is 3. The minimum Gasteiger partial charge on any atom is -0.332 e. The van der Waals surface area contributed by atoms with Crippen molar-refractivity contribution >= 4 is 23.5 Å². The van der Waals surface area contributed by atoms with Gasteiger partial charge in [-0.25, -0.2) is 18.6 Å². The fourth-order valence-corrected chi connectivity index (χ4v) is 5.67. The Balaban J connectivity index is 1.29. The van der Waals surface area contributed by atoms with Crippen LogP contribution >= 0.6 is 11.8 Å². The average Bonchev–Trinajstić information content (AvgIpc) is 3.44. The van der Waals surface area contributed by atoms with Crippen LogP contribution in [0.2, 0.25) is 0 Å². The first-order valence-electron chi connectivity index (χ1n) is 14.9. The molecule has 0 atom stereocenters. The van der Waals surface area contributed by atoms with E-state index in [1.807, 2.05) is 36.4 Å². The van der Waals surface area contributed by atoms with E-state index in [4.69, 9.17) is 4.98 Å². The van der Waals surface area contributed by atoms with Gasteiger partial charge >= 0.3 is 6.03 Å². The predicted molar refractivity (Wildman–Crippen MR) is 170 cm³/mol. The summed E-state index contributed by atoms with van der Waals surface area (Å²) < 4.78 is 27.4. The molecule has 1 heterocycles. The lowest BCUT2D eigenvalue weighted by molar-refractivity contribution is 0.209. The van der Waals surface area contributed by atoms with E-state index >= 15 is 0 Å². The highest BCUT2D eigenvalue weighted by Crippen LogP contribution is 2.32. The van der Waals surface area contributed by atoms with Crippen molar-refractivity contribution in [1.82, 2.24) is 14.9 Å². The SMILES string of the molecule is CCCCCCCN(CCCCCSc1nc(-c2ccccc2)c(-c2ccccc2)[nH]1)C(=O)Nc1ccc(F)cc1F. The third kappa shape index (κ3) is 9.44. The highest BCUT2D eigenvalue weighted by Gasteiger charge is 2.16. The maximum Gasteiger partial charge on any atom is 0.321 e. The van der Waals surface area contributed by atoms with Gasteiger partial charge in [0.1, 0.15) is 11.6 Å². The van der Waals surface area contributed by atoms with Gasteiger partial charge in [-0.2, -0.15) is 0 Å². The maximum absolute atomic E-state index is 14.1. The van der Waals surface area contributed by atoms with Crippen LogP contribution in [0, 0.1) is 11.6 Å². The molecular weight excluding hydrogens is 550 g/mol. The van der Waals surface area contributed by atoms with Crippen molar-refractivity contribution in [3.05, 3.63) is 90.5 Å². The lowest BCUT2D eigenvalue weighted by Crippen LogP contribution is -2.36. The molecule has 2 amide bonds. The first-order valence-corrected chi connectivity index (χ1v) is 15.9. The van der Waals surface area contributed by atoms with Crippen LogP contribution in [0.3, 0.4) is 0 Å². The van der Waals surface area contributed by atoms with Crippen molar-refractivity contribution in [3.63, 3.8) is 0 Å². The van der Waals surface area contributed by atoms with E-state index in [9.17, 15) is 13.6 Å². The van der Waals surface area contributed by atoms with Crippen LogP contribution in [0.15, 0.2) is 84.0 Å².